The van der Waals surface area contributed by atoms with E-state index in [-0.39, 0.29) is 5.82 Å². The second-order valence-corrected chi connectivity index (χ2v) is 10.5. The van der Waals surface area contributed by atoms with Crippen LogP contribution in [0.3, 0.4) is 0 Å². The van der Waals surface area contributed by atoms with Crippen LogP contribution < -0.4 is 11.1 Å². The molecule has 194 valence electrons. The van der Waals surface area contributed by atoms with E-state index in [2.05, 4.69) is 25.5 Å². The molecule has 0 radical (unpaired) electrons. The summed E-state index contributed by atoms with van der Waals surface area (Å²) in [6, 6.07) is 5.32. The fourth-order valence-corrected chi connectivity index (χ4v) is 6.09. The first-order valence-corrected chi connectivity index (χ1v) is 12.6. The number of carbonyl (C=O) groups excluding carboxylic acids is 2. The molecule has 1 aliphatic heterocycles. The molecule has 37 heavy (non-hydrogen) atoms. The molecule has 0 aromatic carbocycles. The van der Waals surface area contributed by atoms with Crippen LogP contribution in [0.1, 0.15) is 42.2 Å². The number of nitrogens with zero attached hydrogens (tertiary/aromatic N) is 5. The molecular weight excluding hydrogens is 507 g/mol. The summed E-state index contributed by atoms with van der Waals surface area (Å²) in [5.41, 5.74) is 6.02. The maximum Gasteiger partial charge on any atom is 0.267 e. The maximum atomic E-state index is 14.3. The second-order valence-electron chi connectivity index (χ2n) is 9.48. The number of aromatic nitrogens is 4. The van der Waals surface area contributed by atoms with Gasteiger partial charge in [0.2, 0.25) is 12.3 Å². The van der Waals surface area contributed by atoms with E-state index < -0.39 is 42.2 Å². The lowest BCUT2D eigenvalue weighted by Gasteiger charge is -2.41. The summed E-state index contributed by atoms with van der Waals surface area (Å²) in [5.74, 6) is -4.86. The van der Waals surface area contributed by atoms with Crippen LogP contribution in [-0.2, 0) is 15.0 Å². The molecule has 2 fully saturated rings. The molecule has 1 saturated carbocycles. The smallest absolute Gasteiger partial charge is 0.267 e. The number of nitrogens with one attached hydrogen (secondary N) is 1. The number of amides is 2. The Bertz CT molecular complexity index is 1300. The summed E-state index contributed by atoms with van der Waals surface area (Å²) in [6.45, 7) is -0.305. The lowest BCUT2D eigenvalue weighted by atomic mass is 9.66. The highest BCUT2D eigenvalue weighted by atomic mass is 32.1. The van der Waals surface area contributed by atoms with E-state index in [9.17, 15) is 22.8 Å². The van der Waals surface area contributed by atoms with E-state index in [1.54, 1.807) is 24.4 Å². The molecule has 2 atom stereocenters. The average Bonchev–Trinajstić information content (AvgIpc) is 3.44. The van der Waals surface area contributed by atoms with E-state index >= 15 is 0 Å². The predicted molar refractivity (Wildman–Crippen MR) is 129 cm³/mol. The SMILES string of the molecule is NC(=O)C(c1cnc(-c2ccc(NCC3(c4ncccc4F)CCC3)nn2)s1)[C@@H]1CC(F)(F)CN1C=O. The molecule has 5 rings (SSSR count). The number of likely N-dealkylation sites (tertiary alicyclic amines) is 1. The van der Waals surface area contributed by atoms with Crippen molar-refractivity contribution in [2.45, 2.75) is 49.0 Å². The Labute approximate surface area is 214 Å². The third-order valence-corrected chi connectivity index (χ3v) is 8.17. The Morgan fingerprint density at radius 2 is 2.08 bits per heavy atom. The van der Waals surface area contributed by atoms with Crippen LogP contribution >= 0.6 is 11.3 Å². The molecule has 0 bridgehead atoms. The number of hydrogen-bond acceptors (Lipinski definition) is 8. The molecule has 2 aliphatic rings. The monoisotopic (exact) mass is 531 g/mol. The minimum atomic E-state index is -3.10. The number of nitrogens with two attached hydrogens (primary N) is 1. The number of carbonyl (C=O) groups is 2. The highest BCUT2D eigenvalue weighted by Crippen LogP contribution is 2.44. The summed E-state index contributed by atoms with van der Waals surface area (Å²) >= 11 is 1.08. The van der Waals surface area contributed by atoms with Gasteiger partial charge in [-0.3, -0.25) is 14.6 Å². The van der Waals surface area contributed by atoms with Gasteiger partial charge in [0.05, 0.1) is 24.2 Å². The van der Waals surface area contributed by atoms with Gasteiger partial charge in [0.15, 0.2) is 0 Å². The molecule has 2 amide bonds. The normalized spacial score (nSPS) is 20.7. The molecule has 0 spiro atoms. The lowest BCUT2D eigenvalue weighted by Crippen LogP contribution is -2.42. The van der Waals surface area contributed by atoms with Gasteiger partial charge in [0.25, 0.3) is 5.92 Å². The molecule has 4 heterocycles. The van der Waals surface area contributed by atoms with Crippen LogP contribution in [0, 0.1) is 5.82 Å². The summed E-state index contributed by atoms with van der Waals surface area (Å²) in [5, 5.41) is 12.0. The molecule has 1 saturated heterocycles. The number of hydrogen-bond donors (Lipinski definition) is 2. The second kappa shape index (κ2) is 9.69. The van der Waals surface area contributed by atoms with Gasteiger partial charge in [-0.25, -0.2) is 18.2 Å². The van der Waals surface area contributed by atoms with E-state index in [1.807, 2.05) is 0 Å². The van der Waals surface area contributed by atoms with Crippen molar-refractivity contribution in [2.24, 2.45) is 5.73 Å². The molecule has 3 aromatic rings. The first kappa shape index (κ1) is 25.1. The Morgan fingerprint density at radius 3 is 2.70 bits per heavy atom. The topological polar surface area (TPSA) is 127 Å². The van der Waals surface area contributed by atoms with Crippen molar-refractivity contribution in [3.63, 3.8) is 0 Å². The largest absolute Gasteiger partial charge is 0.369 e. The van der Waals surface area contributed by atoms with Gasteiger partial charge in [-0.15, -0.1) is 21.5 Å². The van der Waals surface area contributed by atoms with Crippen molar-refractivity contribution in [1.82, 2.24) is 25.1 Å². The van der Waals surface area contributed by atoms with Crippen molar-refractivity contribution in [3.05, 3.63) is 53.0 Å². The Kier molecular flexibility index (Phi) is 6.56. The van der Waals surface area contributed by atoms with Crippen LogP contribution in [0.4, 0.5) is 19.0 Å². The first-order valence-electron chi connectivity index (χ1n) is 11.7. The molecule has 13 heteroatoms. The molecule has 3 aromatic heterocycles. The van der Waals surface area contributed by atoms with Gasteiger partial charge < -0.3 is 16.0 Å². The zero-order valence-electron chi connectivity index (χ0n) is 19.6. The van der Waals surface area contributed by atoms with Gasteiger partial charge >= 0.3 is 0 Å². The fraction of sp³-hybridized carbons (Fsp3) is 0.417. The molecule has 1 aliphatic carbocycles. The van der Waals surface area contributed by atoms with Gasteiger partial charge in [-0.05, 0) is 37.1 Å². The highest BCUT2D eigenvalue weighted by molar-refractivity contribution is 7.15. The number of pyridine rings is 1. The van der Waals surface area contributed by atoms with Crippen molar-refractivity contribution < 1.29 is 22.8 Å². The van der Waals surface area contributed by atoms with Crippen molar-refractivity contribution >= 4 is 29.5 Å². The first-order chi connectivity index (χ1) is 17.7. The summed E-state index contributed by atoms with van der Waals surface area (Å²) < 4.78 is 42.2. The number of primary amides is 1. The summed E-state index contributed by atoms with van der Waals surface area (Å²) in [6.07, 6.45) is 5.27. The number of rotatable bonds is 9. The predicted octanol–water partition coefficient (Wildman–Crippen LogP) is 3.10. The van der Waals surface area contributed by atoms with Gasteiger partial charge in [0, 0.05) is 35.7 Å². The number of alkyl halides is 2. The highest BCUT2D eigenvalue weighted by Gasteiger charge is 2.49. The third kappa shape index (κ3) is 4.87. The zero-order chi connectivity index (χ0) is 26.2. The molecule has 9 nitrogen and oxygen atoms in total. The van der Waals surface area contributed by atoms with Crippen LogP contribution in [-0.4, -0.2) is 62.4 Å². The summed E-state index contributed by atoms with van der Waals surface area (Å²) in [7, 11) is 0. The fourth-order valence-electron chi connectivity index (χ4n) is 5.04. The Balaban J connectivity index is 1.30. The van der Waals surface area contributed by atoms with Crippen LogP contribution in [0.5, 0.6) is 0 Å². The van der Waals surface area contributed by atoms with Gasteiger partial charge in [-0.2, -0.15) is 0 Å². The quantitative estimate of drug-likeness (QED) is 0.406. The number of thiazole rings is 1. The summed E-state index contributed by atoms with van der Waals surface area (Å²) in [4.78, 5) is 33.4. The van der Waals surface area contributed by atoms with E-state index in [0.29, 0.717) is 40.0 Å². The van der Waals surface area contributed by atoms with E-state index in [0.717, 1.165) is 35.5 Å². The molecular formula is C24H24F3N7O2S. The third-order valence-electron chi connectivity index (χ3n) is 7.07. The van der Waals surface area contributed by atoms with Crippen LogP contribution in [0.2, 0.25) is 0 Å². The standard InChI is InChI=1S/C24H24F3N7O2S/c25-14-3-1-8-29-20(14)23(6-2-7-23)11-31-18-5-4-15(32-33-18)22-30-10-17(37-22)19(21(28)36)16-9-24(26,27)12-34(16)13-35/h1,3-5,8,10,13,16,19H,2,6-7,9,11-12H2,(H2,28,36)(H,31,33)/t16-,19?/m0/s1. The Hall–Kier alpha value is -3.61. The van der Waals surface area contributed by atoms with Crippen molar-refractivity contribution in [1.29, 1.82) is 0 Å². The lowest BCUT2D eigenvalue weighted by molar-refractivity contribution is -0.123. The van der Waals surface area contributed by atoms with Crippen LogP contribution in [0.25, 0.3) is 10.7 Å². The van der Waals surface area contributed by atoms with Gasteiger partial charge in [0.1, 0.15) is 22.3 Å². The molecule has 1 unspecified atom stereocenters. The van der Waals surface area contributed by atoms with Crippen LogP contribution in [0.15, 0.2) is 36.7 Å². The molecule has 3 N–H and O–H groups in total. The van der Waals surface area contributed by atoms with Crippen molar-refractivity contribution in [2.75, 3.05) is 18.4 Å². The minimum Gasteiger partial charge on any atom is -0.369 e. The number of halogens is 3. The van der Waals surface area contributed by atoms with E-state index in [1.165, 1.54) is 12.3 Å². The zero-order valence-corrected chi connectivity index (χ0v) is 20.4. The minimum absolute atomic E-state index is 0.316. The maximum absolute atomic E-state index is 14.3. The van der Waals surface area contributed by atoms with Gasteiger partial charge in [-0.1, -0.05) is 6.42 Å². The number of anilines is 1. The van der Waals surface area contributed by atoms with E-state index in [4.69, 9.17) is 5.73 Å². The average molecular weight is 532 g/mol. The Morgan fingerprint density at radius 1 is 1.27 bits per heavy atom. The van der Waals surface area contributed by atoms with Crippen molar-refractivity contribution in [3.8, 4) is 10.7 Å².